The van der Waals surface area contributed by atoms with Gasteiger partial charge in [-0.1, -0.05) is 19.1 Å². The molecule has 0 aliphatic rings. The maximum Gasteiger partial charge on any atom is 0.150 e. The molecule has 0 aliphatic heterocycles. The summed E-state index contributed by atoms with van der Waals surface area (Å²) < 4.78 is 15.3. The number of nitrogens with one attached hydrogen (secondary N) is 1. The summed E-state index contributed by atoms with van der Waals surface area (Å²) in [6.07, 6.45) is 2.93. The fourth-order valence-corrected chi connectivity index (χ4v) is 3.02. The summed E-state index contributed by atoms with van der Waals surface area (Å²) >= 11 is 0. The lowest BCUT2D eigenvalue weighted by Crippen LogP contribution is -2.06. The number of aromatic nitrogens is 2. The summed E-state index contributed by atoms with van der Waals surface area (Å²) in [4.78, 5) is 4.53. The molecule has 23 heavy (non-hydrogen) atoms. The van der Waals surface area contributed by atoms with Crippen molar-refractivity contribution in [2.75, 3.05) is 5.32 Å². The minimum absolute atomic E-state index is 0.211. The normalized spacial score (nSPS) is 11.1. The maximum absolute atomic E-state index is 13.0. The average molecular weight is 311 g/mol. The Bertz CT molecular complexity index is 819. The van der Waals surface area contributed by atoms with E-state index in [0.717, 1.165) is 29.9 Å². The van der Waals surface area contributed by atoms with E-state index in [9.17, 15) is 4.39 Å². The molecule has 1 aromatic carbocycles. The number of nitrogens with zero attached hydrogens (tertiary/aromatic N) is 2. The van der Waals surface area contributed by atoms with Crippen LogP contribution in [0.1, 0.15) is 30.2 Å². The lowest BCUT2D eigenvalue weighted by atomic mass is 10.2. The van der Waals surface area contributed by atoms with Crippen LogP contribution in [0, 0.1) is 19.7 Å². The molecule has 3 nitrogen and oxygen atoms in total. The molecule has 0 amide bonds. The number of hydrogen-bond acceptors (Lipinski definition) is 2. The van der Waals surface area contributed by atoms with Crippen LogP contribution in [0.5, 0.6) is 0 Å². The zero-order valence-corrected chi connectivity index (χ0v) is 13.9. The van der Waals surface area contributed by atoms with Crippen LogP contribution < -0.4 is 5.32 Å². The monoisotopic (exact) mass is 311 g/mol. The van der Waals surface area contributed by atoms with Gasteiger partial charge in [0.15, 0.2) is 5.82 Å². The molecule has 3 rings (SSSR count). The van der Waals surface area contributed by atoms with Crippen molar-refractivity contribution in [1.82, 2.24) is 9.55 Å². The number of fused-ring (bicyclic) bond motifs is 1. The molecule has 1 N–H and O–H groups in total. The number of benzene rings is 1. The minimum atomic E-state index is -0.211. The van der Waals surface area contributed by atoms with Gasteiger partial charge in [-0.15, -0.1) is 0 Å². The van der Waals surface area contributed by atoms with Crippen molar-refractivity contribution >= 4 is 16.7 Å². The van der Waals surface area contributed by atoms with Gasteiger partial charge in [-0.05, 0) is 49.6 Å². The number of aryl methyl sites for hydroxylation is 2. The van der Waals surface area contributed by atoms with Crippen molar-refractivity contribution < 1.29 is 4.39 Å². The largest absolute Gasteiger partial charge is 0.364 e. The fraction of sp³-hybridized carbons (Fsp3) is 0.316. The first kappa shape index (κ1) is 15.5. The predicted octanol–water partition coefficient (Wildman–Crippen LogP) is 4.81. The molecule has 0 aliphatic carbocycles. The van der Waals surface area contributed by atoms with E-state index in [0.29, 0.717) is 6.54 Å². The maximum atomic E-state index is 13.0. The molecular weight excluding hydrogens is 289 g/mol. The highest BCUT2D eigenvalue weighted by Gasteiger charge is 2.14. The topological polar surface area (TPSA) is 29.9 Å². The first-order valence-electron chi connectivity index (χ1n) is 8.04. The molecule has 3 aromatic rings. The SMILES string of the molecule is CCCn1c(C)c(C)c2ccnc(NCc3ccc(F)cc3)c21. The van der Waals surface area contributed by atoms with E-state index < -0.39 is 0 Å². The third-order valence-corrected chi connectivity index (χ3v) is 4.37. The molecule has 0 bridgehead atoms. The second-order valence-corrected chi connectivity index (χ2v) is 5.90. The molecule has 0 saturated heterocycles. The minimum Gasteiger partial charge on any atom is -0.364 e. The van der Waals surface area contributed by atoms with Gasteiger partial charge in [0.2, 0.25) is 0 Å². The molecule has 2 aromatic heterocycles. The first-order valence-corrected chi connectivity index (χ1v) is 8.04. The number of rotatable bonds is 5. The van der Waals surface area contributed by atoms with Crippen LogP contribution >= 0.6 is 0 Å². The summed E-state index contributed by atoms with van der Waals surface area (Å²) in [7, 11) is 0. The Labute approximate surface area is 136 Å². The van der Waals surface area contributed by atoms with E-state index >= 15 is 0 Å². The fourth-order valence-electron chi connectivity index (χ4n) is 3.02. The smallest absolute Gasteiger partial charge is 0.150 e. The van der Waals surface area contributed by atoms with E-state index in [1.807, 2.05) is 6.20 Å². The van der Waals surface area contributed by atoms with Crippen molar-refractivity contribution in [3.8, 4) is 0 Å². The Morgan fingerprint density at radius 1 is 1.13 bits per heavy atom. The molecule has 120 valence electrons. The lowest BCUT2D eigenvalue weighted by Gasteiger charge is -2.11. The Balaban J connectivity index is 1.97. The Kier molecular flexibility index (Phi) is 4.33. The summed E-state index contributed by atoms with van der Waals surface area (Å²) in [6, 6.07) is 8.64. The van der Waals surface area contributed by atoms with Crippen LogP contribution in [-0.4, -0.2) is 9.55 Å². The third-order valence-electron chi connectivity index (χ3n) is 4.37. The second kappa shape index (κ2) is 6.41. The molecule has 0 spiro atoms. The standard InChI is InChI=1S/C19H22FN3/c1-4-11-23-14(3)13(2)17-9-10-21-19(18(17)23)22-12-15-5-7-16(20)8-6-15/h5-10H,4,11-12H2,1-3H3,(H,21,22). The van der Waals surface area contributed by atoms with E-state index in [4.69, 9.17) is 0 Å². The Morgan fingerprint density at radius 3 is 2.57 bits per heavy atom. The van der Waals surface area contributed by atoms with E-state index in [1.54, 1.807) is 12.1 Å². The molecule has 0 fully saturated rings. The molecule has 0 radical (unpaired) electrons. The molecule has 0 unspecified atom stereocenters. The zero-order valence-electron chi connectivity index (χ0n) is 13.9. The van der Waals surface area contributed by atoms with Crippen LogP contribution in [0.4, 0.5) is 10.2 Å². The van der Waals surface area contributed by atoms with Crippen molar-refractivity contribution in [2.24, 2.45) is 0 Å². The number of halogens is 1. The van der Waals surface area contributed by atoms with E-state index in [-0.39, 0.29) is 5.82 Å². The number of pyridine rings is 1. The lowest BCUT2D eigenvalue weighted by molar-refractivity contribution is 0.627. The van der Waals surface area contributed by atoms with Crippen molar-refractivity contribution in [3.63, 3.8) is 0 Å². The Hall–Kier alpha value is -2.36. The molecular formula is C19H22FN3. The van der Waals surface area contributed by atoms with E-state index in [2.05, 4.69) is 41.7 Å². The van der Waals surface area contributed by atoms with Crippen LogP contribution in [0.2, 0.25) is 0 Å². The Morgan fingerprint density at radius 2 is 1.87 bits per heavy atom. The molecule has 0 saturated carbocycles. The summed E-state index contributed by atoms with van der Waals surface area (Å²) in [5, 5.41) is 4.65. The summed E-state index contributed by atoms with van der Waals surface area (Å²) in [5.41, 5.74) is 4.79. The van der Waals surface area contributed by atoms with Crippen molar-refractivity contribution in [2.45, 2.75) is 40.3 Å². The predicted molar refractivity (Wildman–Crippen MR) is 93.2 cm³/mol. The summed E-state index contributed by atoms with van der Waals surface area (Å²) in [5.74, 6) is 0.675. The van der Waals surface area contributed by atoms with Crippen molar-refractivity contribution in [3.05, 3.63) is 59.2 Å². The highest BCUT2D eigenvalue weighted by atomic mass is 19.1. The highest BCUT2D eigenvalue weighted by molar-refractivity contribution is 5.93. The van der Waals surface area contributed by atoms with Crippen LogP contribution in [0.15, 0.2) is 36.5 Å². The average Bonchev–Trinajstić information content (AvgIpc) is 2.80. The second-order valence-electron chi connectivity index (χ2n) is 5.90. The van der Waals surface area contributed by atoms with E-state index in [1.165, 1.54) is 28.8 Å². The molecule has 2 heterocycles. The third kappa shape index (κ3) is 2.93. The van der Waals surface area contributed by atoms with Gasteiger partial charge in [0, 0.05) is 30.4 Å². The number of hydrogen-bond donors (Lipinski definition) is 1. The van der Waals surface area contributed by atoms with Crippen LogP contribution in [0.25, 0.3) is 10.9 Å². The van der Waals surface area contributed by atoms with Gasteiger partial charge in [-0.25, -0.2) is 9.37 Å². The molecule has 4 heteroatoms. The van der Waals surface area contributed by atoms with Gasteiger partial charge in [0.05, 0.1) is 5.52 Å². The zero-order chi connectivity index (χ0) is 16.4. The van der Waals surface area contributed by atoms with Gasteiger partial charge >= 0.3 is 0 Å². The quantitative estimate of drug-likeness (QED) is 0.732. The van der Waals surface area contributed by atoms with Crippen LogP contribution in [-0.2, 0) is 13.1 Å². The van der Waals surface area contributed by atoms with Gasteiger partial charge in [0.25, 0.3) is 0 Å². The van der Waals surface area contributed by atoms with Crippen molar-refractivity contribution in [1.29, 1.82) is 0 Å². The number of anilines is 1. The van der Waals surface area contributed by atoms with Gasteiger partial charge in [0.1, 0.15) is 5.82 Å². The summed E-state index contributed by atoms with van der Waals surface area (Å²) in [6.45, 7) is 8.11. The first-order chi connectivity index (χ1) is 11.1. The highest BCUT2D eigenvalue weighted by Crippen LogP contribution is 2.30. The molecule has 0 atom stereocenters. The van der Waals surface area contributed by atoms with Gasteiger partial charge in [-0.3, -0.25) is 0 Å². The van der Waals surface area contributed by atoms with Gasteiger partial charge in [-0.2, -0.15) is 0 Å². The van der Waals surface area contributed by atoms with Gasteiger partial charge < -0.3 is 9.88 Å². The van der Waals surface area contributed by atoms with Crippen LogP contribution in [0.3, 0.4) is 0 Å².